The Morgan fingerprint density at radius 3 is 0.760 bits per heavy atom. The number of carbonyl (C=O) groups is 4. The number of hydrogen-bond acceptors (Lipinski definition) is 15. The summed E-state index contributed by atoms with van der Waals surface area (Å²) in [5, 5.41) is 10.6. The molecule has 0 aliphatic carbocycles. The van der Waals surface area contributed by atoms with Gasteiger partial charge in [-0.1, -0.05) is 375 Å². The fourth-order valence-corrected chi connectivity index (χ4v) is 14.1. The standard InChI is InChI=1S/C81H158O17P2/c1-7-10-12-14-16-18-20-22-24-25-26-27-28-29-33-38-42-46-54-60-66-80(85)97-76(69-91-78(83)63-57-51-44-40-36-34-30-31-35-39-43-49-55-61-73(4)5)71-95-99(87,88)93-67-75(82)68-94-100(89,90)96-72-77(70-92-79(84)64-58-52-48-47-50-56-62-74(6)9-3)98-81(86)65-59-53-45-41-37-32-23-21-19-17-15-13-11-8-2/h73-77,82H,7-72H2,1-6H3,(H,87,88)(H,89,90)/t74?,75-,76-,77-/m1/s1. The molecule has 19 heteroatoms. The monoisotopic (exact) mass is 1470 g/mol. The first-order valence-electron chi connectivity index (χ1n) is 42.0. The molecule has 0 saturated heterocycles. The van der Waals surface area contributed by atoms with E-state index in [1.807, 2.05) is 0 Å². The Morgan fingerprint density at radius 1 is 0.290 bits per heavy atom. The molecule has 0 spiro atoms. The molecule has 0 aliphatic heterocycles. The van der Waals surface area contributed by atoms with Crippen LogP contribution in [0.5, 0.6) is 0 Å². The Kier molecular flexibility index (Phi) is 71.2. The molecule has 6 atom stereocenters. The molecule has 100 heavy (non-hydrogen) atoms. The van der Waals surface area contributed by atoms with Crippen molar-refractivity contribution in [1.29, 1.82) is 0 Å². The average molecular weight is 1470 g/mol. The van der Waals surface area contributed by atoms with Gasteiger partial charge in [-0.2, -0.15) is 0 Å². The maximum Gasteiger partial charge on any atom is 0.472 e. The Bertz CT molecular complexity index is 1930. The van der Waals surface area contributed by atoms with Gasteiger partial charge in [-0.05, 0) is 37.5 Å². The van der Waals surface area contributed by atoms with Gasteiger partial charge >= 0.3 is 39.5 Å². The van der Waals surface area contributed by atoms with Crippen LogP contribution in [0.15, 0.2) is 0 Å². The normalized spacial score (nSPS) is 14.2. The molecule has 0 amide bonds. The number of ether oxygens (including phenoxy) is 4. The summed E-state index contributed by atoms with van der Waals surface area (Å²) >= 11 is 0. The Labute approximate surface area is 613 Å². The number of aliphatic hydroxyl groups excluding tert-OH is 1. The molecular formula is C81H158O17P2. The van der Waals surface area contributed by atoms with E-state index in [4.69, 9.17) is 37.0 Å². The highest BCUT2D eigenvalue weighted by Crippen LogP contribution is 2.45. The molecule has 0 aromatic heterocycles. The van der Waals surface area contributed by atoms with Crippen LogP contribution >= 0.6 is 15.6 Å². The summed E-state index contributed by atoms with van der Waals surface area (Å²) in [6, 6.07) is 0. The van der Waals surface area contributed by atoms with E-state index in [2.05, 4.69) is 41.5 Å². The van der Waals surface area contributed by atoms with Crippen LogP contribution in [-0.2, 0) is 65.4 Å². The van der Waals surface area contributed by atoms with Crippen molar-refractivity contribution in [3.8, 4) is 0 Å². The van der Waals surface area contributed by atoms with Gasteiger partial charge in [0.05, 0.1) is 26.4 Å². The number of carbonyl (C=O) groups excluding carboxylic acids is 4. The van der Waals surface area contributed by atoms with Gasteiger partial charge in [0.2, 0.25) is 0 Å². The Morgan fingerprint density at radius 2 is 0.510 bits per heavy atom. The van der Waals surface area contributed by atoms with Crippen LogP contribution in [0.1, 0.15) is 427 Å². The summed E-state index contributed by atoms with van der Waals surface area (Å²) in [6.07, 6.45) is 62.5. The average Bonchev–Trinajstić information content (AvgIpc) is 0.920. The zero-order chi connectivity index (χ0) is 73.5. The third-order valence-corrected chi connectivity index (χ3v) is 21.2. The molecule has 0 fully saturated rings. The summed E-state index contributed by atoms with van der Waals surface area (Å²) in [5.74, 6) is -0.587. The van der Waals surface area contributed by atoms with E-state index in [1.54, 1.807) is 0 Å². The van der Waals surface area contributed by atoms with E-state index in [0.717, 1.165) is 108 Å². The lowest BCUT2D eigenvalue weighted by Crippen LogP contribution is -2.30. The zero-order valence-corrected chi connectivity index (χ0v) is 67.3. The molecular weight excluding hydrogens is 1310 g/mol. The van der Waals surface area contributed by atoms with Crippen molar-refractivity contribution in [3.05, 3.63) is 0 Å². The Hall–Kier alpha value is -1.94. The van der Waals surface area contributed by atoms with Crippen molar-refractivity contribution in [2.24, 2.45) is 11.8 Å². The minimum Gasteiger partial charge on any atom is -0.462 e. The van der Waals surface area contributed by atoms with Gasteiger partial charge in [0.1, 0.15) is 19.3 Å². The Balaban J connectivity index is 5.23. The minimum absolute atomic E-state index is 0.107. The van der Waals surface area contributed by atoms with E-state index in [0.29, 0.717) is 25.7 Å². The van der Waals surface area contributed by atoms with E-state index in [-0.39, 0.29) is 25.7 Å². The predicted molar refractivity (Wildman–Crippen MR) is 409 cm³/mol. The van der Waals surface area contributed by atoms with Crippen molar-refractivity contribution in [2.45, 2.75) is 445 Å². The number of esters is 4. The van der Waals surface area contributed by atoms with Gasteiger partial charge < -0.3 is 33.8 Å². The number of phosphoric ester groups is 2. The summed E-state index contributed by atoms with van der Waals surface area (Å²) in [5.41, 5.74) is 0. The number of aliphatic hydroxyl groups is 1. The molecule has 0 saturated carbocycles. The molecule has 0 bridgehead atoms. The lowest BCUT2D eigenvalue weighted by molar-refractivity contribution is -0.161. The number of hydrogen-bond donors (Lipinski definition) is 3. The molecule has 0 aromatic carbocycles. The van der Waals surface area contributed by atoms with Gasteiger partial charge in [-0.25, -0.2) is 9.13 Å². The van der Waals surface area contributed by atoms with E-state index in [1.165, 1.54) is 238 Å². The third-order valence-electron chi connectivity index (χ3n) is 19.3. The highest BCUT2D eigenvalue weighted by molar-refractivity contribution is 7.47. The number of phosphoric acid groups is 2. The lowest BCUT2D eigenvalue weighted by atomic mass is 10.00. The highest BCUT2D eigenvalue weighted by atomic mass is 31.2. The summed E-state index contributed by atoms with van der Waals surface area (Å²) < 4.78 is 68.7. The van der Waals surface area contributed by atoms with Crippen LogP contribution in [0, 0.1) is 11.8 Å². The van der Waals surface area contributed by atoms with Crippen molar-refractivity contribution in [3.63, 3.8) is 0 Å². The van der Waals surface area contributed by atoms with Gasteiger partial charge in [0.15, 0.2) is 12.2 Å². The number of rotatable bonds is 80. The first-order valence-corrected chi connectivity index (χ1v) is 45.0. The fraction of sp³-hybridized carbons (Fsp3) is 0.951. The fourth-order valence-electron chi connectivity index (χ4n) is 12.5. The molecule has 3 N–H and O–H groups in total. The van der Waals surface area contributed by atoms with Crippen molar-refractivity contribution in [2.75, 3.05) is 39.6 Å². The second-order valence-electron chi connectivity index (χ2n) is 29.9. The predicted octanol–water partition coefficient (Wildman–Crippen LogP) is 24.3. The maximum atomic E-state index is 13.1. The molecule has 0 radical (unpaired) electrons. The van der Waals surface area contributed by atoms with Gasteiger partial charge in [-0.3, -0.25) is 37.3 Å². The summed E-state index contributed by atoms with van der Waals surface area (Å²) in [4.78, 5) is 73.0. The molecule has 17 nitrogen and oxygen atoms in total. The summed E-state index contributed by atoms with van der Waals surface area (Å²) in [6.45, 7) is 9.62. The highest BCUT2D eigenvalue weighted by Gasteiger charge is 2.30. The van der Waals surface area contributed by atoms with Crippen LogP contribution < -0.4 is 0 Å². The first kappa shape index (κ1) is 98.1. The first-order chi connectivity index (χ1) is 48.4. The van der Waals surface area contributed by atoms with Crippen LogP contribution in [0.25, 0.3) is 0 Å². The van der Waals surface area contributed by atoms with Gasteiger partial charge in [0.25, 0.3) is 0 Å². The molecule has 0 heterocycles. The second kappa shape index (κ2) is 72.6. The van der Waals surface area contributed by atoms with E-state index < -0.39 is 97.5 Å². The van der Waals surface area contributed by atoms with Crippen molar-refractivity contribution >= 4 is 39.5 Å². The molecule has 0 rings (SSSR count). The minimum atomic E-state index is -4.96. The third kappa shape index (κ3) is 73.0. The summed E-state index contributed by atoms with van der Waals surface area (Å²) in [7, 11) is -9.92. The second-order valence-corrected chi connectivity index (χ2v) is 32.8. The maximum absolute atomic E-state index is 13.1. The molecule has 594 valence electrons. The zero-order valence-electron chi connectivity index (χ0n) is 65.5. The van der Waals surface area contributed by atoms with Crippen molar-refractivity contribution < 1.29 is 80.2 Å². The largest absolute Gasteiger partial charge is 0.472 e. The lowest BCUT2D eigenvalue weighted by Gasteiger charge is -2.21. The van der Waals surface area contributed by atoms with Crippen LogP contribution in [0.2, 0.25) is 0 Å². The van der Waals surface area contributed by atoms with Crippen LogP contribution in [0.3, 0.4) is 0 Å². The van der Waals surface area contributed by atoms with E-state index >= 15 is 0 Å². The van der Waals surface area contributed by atoms with Crippen LogP contribution in [-0.4, -0.2) is 96.7 Å². The molecule has 3 unspecified atom stereocenters. The van der Waals surface area contributed by atoms with Gasteiger partial charge in [0, 0.05) is 25.7 Å². The van der Waals surface area contributed by atoms with Crippen molar-refractivity contribution in [1.82, 2.24) is 0 Å². The number of unbranched alkanes of at least 4 members (excludes halogenated alkanes) is 49. The molecule has 0 aliphatic rings. The smallest absolute Gasteiger partial charge is 0.462 e. The van der Waals surface area contributed by atoms with E-state index in [9.17, 15) is 43.2 Å². The molecule has 0 aromatic rings. The van der Waals surface area contributed by atoms with Gasteiger partial charge in [-0.15, -0.1) is 0 Å². The quantitative estimate of drug-likeness (QED) is 0.0222. The van der Waals surface area contributed by atoms with Crippen LogP contribution in [0.4, 0.5) is 0 Å². The SMILES string of the molecule is CCCCCCCCCCCCCCCCCCCCCCC(=O)O[C@H](COC(=O)CCCCCCCCCCCCCCCC(C)C)COP(=O)(O)OC[C@@H](O)COP(=O)(O)OC[C@@H](COC(=O)CCCCCCCCC(C)CC)OC(=O)CCCCCCCCCCCCCCCC. The topological polar surface area (TPSA) is 237 Å².